The lowest BCUT2D eigenvalue weighted by Crippen LogP contribution is -2.24. The number of aliphatic imine (C=N–C) groups is 1. The lowest BCUT2D eigenvalue weighted by atomic mass is 10.1. The molecule has 0 aliphatic heterocycles. The second kappa shape index (κ2) is 7.79. The van der Waals surface area contributed by atoms with Crippen LogP contribution in [-0.4, -0.2) is 38.5 Å². The van der Waals surface area contributed by atoms with Crippen molar-refractivity contribution in [3.05, 3.63) is 29.8 Å². The molecule has 19 heavy (non-hydrogen) atoms. The van der Waals surface area contributed by atoms with E-state index in [4.69, 9.17) is 10.5 Å². The van der Waals surface area contributed by atoms with E-state index in [1.807, 2.05) is 12.1 Å². The van der Waals surface area contributed by atoms with Crippen LogP contribution in [0.5, 0.6) is 5.75 Å². The van der Waals surface area contributed by atoms with Crippen LogP contribution in [0.2, 0.25) is 0 Å². The third kappa shape index (κ3) is 4.91. The summed E-state index contributed by atoms with van der Waals surface area (Å²) in [5.74, 6) is 1.60. The first-order valence-electron chi connectivity index (χ1n) is 6.67. The molecule has 1 unspecified atom stereocenters. The second-order valence-electron chi connectivity index (χ2n) is 4.84. The van der Waals surface area contributed by atoms with Crippen LogP contribution in [0, 0.1) is 0 Å². The smallest absolute Gasteiger partial charge is 0.119 e. The maximum Gasteiger partial charge on any atom is 0.119 e. The molecule has 1 aromatic carbocycles. The standard InChI is InChI=1S/C15H25N3O/c1-5-7-15(16)17-11-14(18(2)3)12-8-6-9-13(10-12)19-4/h6,8-10,14H,5,7,11H2,1-4H3,(H2,16,17). The van der Waals surface area contributed by atoms with Crippen LogP contribution >= 0.6 is 0 Å². The zero-order chi connectivity index (χ0) is 14.3. The molecule has 0 bridgehead atoms. The number of benzene rings is 1. The van der Waals surface area contributed by atoms with Crippen molar-refractivity contribution >= 4 is 5.84 Å². The van der Waals surface area contributed by atoms with E-state index in [1.165, 1.54) is 5.56 Å². The van der Waals surface area contributed by atoms with Gasteiger partial charge in [-0.2, -0.15) is 0 Å². The minimum absolute atomic E-state index is 0.213. The zero-order valence-electron chi connectivity index (χ0n) is 12.4. The average Bonchev–Trinajstić information content (AvgIpc) is 2.39. The predicted octanol–water partition coefficient (Wildman–Crippen LogP) is 2.46. The molecule has 106 valence electrons. The molecule has 4 heteroatoms. The third-order valence-electron chi connectivity index (χ3n) is 3.08. The molecule has 0 saturated carbocycles. The summed E-state index contributed by atoms with van der Waals surface area (Å²) < 4.78 is 5.27. The molecular formula is C15H25N3O. The van der Waals surface area contributed by atoms with Gasteiger partial charge in [-0.25, -0.2) is 0 Å². The summed E-state index contributed by atoms with van der Waals surface area (Å²) in [7, 11) is 5.78. The fourth-order valence-electron chi connectivity index (χ4n) is 1.95. The molecule has 0 heterocycles. The van der Waals surface area contributed by atoms with Gasteiger partial charge in [0, 0.05) is 6.42 Å². The summed E-state index contributed by atoms with van der Waals surface area (Å²) in [4.78, 5) is 6.63. The lowest BCUT2D eigenvalue weighted by Gasteiger charge is -2.23. The highest BCUT2D eigenvalue weighted by atomic mass is 16.5. The predicted molar refractivity (Wildman–Crippen MR) is 80.8 cm³/mol. The molecule has 0 aromatic heterocycles. The van der Waals surface area contributed by atoms with Gasteiger partial charge in [-0.05, 0) is 38.2 Å². The van der Waals surface area contributed by atoms with Gasteiger partial charge in [0.2, 0.25) is 0 Å². The van der Waals surface area contributed by atoms with E-state index in [0.29, 0.717) is 6.54 Å². The number of hydrogen-bond donors (Lipinski definition) is 1. The van der Waals surface area contributed by atoms with E-state index < -0.39 is 0 Å². The number of amidine groups is 1. The molecule has 4 nitrogen and oxygen atoms in total. The van der Waals surface area contributed by atoms with Crippen molar-refractivity contribution < 1.29 is 4.74 Å². The van der Waals surface area contributed by atoms with E-state index in [-0.39, 0.29) is 6.04 Å². The molecule has 0 fully saturated rings. The largest absolute Gasteiger partial charge is 0.497 e. The number of nitrogens with zero attached hydrogens (tertiary/aromatic N) is 2. The highest BCUT2D eigenvalue weighted by Gasteiger charge is 2.14. The fraction of sp³-hybridized carbons (Fsp3) is 0.533. The third-order valence-corrected chi connectivity index (χ3v) is 3.08. The Kier molecular flexibility index (Phi) is 6.36. The van der Waals surface area contributed by atoms with Gasteiger partial charge in [-0.3, -0.25) is 4.99 Å². The molecular weight excluding hydrogens is 238 g/mol. The monoisotopic (exact) mass is 263 g/mol. The minimum Gasteiger partial charge on any atom is -0.497 e. The summed E-state index contributed by atoms with van der Waals surface area (Å²) in [6, 6.07) is 8.31. The molecule has 1 atom stereocenters. The van der Waals surface area contributed by atoms with Crippen molar-refractivity contribution in [1.29, 1.82) is 0 Å². The van der Waals surface area contributed by atoms with Crippen molar-refractivity contribution in [1.82, 2.24) is 4.90 Å². The molecule has 0 aliphatic carbocycles. The highest BCUT2D eigenvalue weighted by Crippen LogP contribution is 2.22. The number of likely N-dealkylation sites (N-methyl/N-ethyl adjacent to an activating group) is 1. The van der Waals surface area contributed by atoms with Gasteiger partial charge >= 0.3 is 0 Å². The number of ether oxygens (including phenoxy) is 1. The number of nitrogens with two attached hydrogens (primary N) is 1. The van der Waals surface area contributed by atoms with Gasteiger partial charge in [-0.1, -0.05) is 19.1 Å². The van der Waals surface area contributed by atoms with Crippen molar-refractivity contribution in [3.63, 3.8) is 0 Å². The maximum absolute atomic E-state index is 5.87. The zero-order valence-corrected chi connectivity index (χ0v) is 12.4. The highest BCUT2D eigenvalue weighted by molar-refractivity contribution is 5.80. The topological polar surface area (TPSA) is 50.9 Å². The van der Waals surface area contributed by atoms with Crippen LogP contribution in [-0.2, 0) is 0 Å². The summed E-state index contributed by atoms with van der Waals surface area (Å²) in [5, 5.41) is 0. The summed E-state index contributed by atoms with van der Waals surface area (Å²) in [6.07, 6.45) is 1.89. The van der Waals surface area contributed by atoms with E-state index in [2.05, 4.69) is 43.0 Å². The molecule has 0 amide bonds. The summed E-state index contributed by atoms with van der Waals surface area (Å²) in [6.45, 7) is 2.78. The lowest BCUT2D eigenvalue weighted by molar-refractivity contribution is 0.305. The Hall–Kier alpha value is -1.55. The van der Waals surface area contributed by atoms with Gasteiger partial charge in [0.15, 0.2) is 0 Å². The Labute approximate surface area is 116 Å². The second-order valence-corrected chi connectivity index (χ2v) is 4.84. The van der Waals surface area contributed by atoms with Crippen molar-refractivity contribution in [3.8, 4) is 5.75 Å². The Bertz CT molecular complexity index is 416. The Morgan fingerprint density at radius 1 is 1.42 bits per heavy atom. The van der Waals surface area contributed by atoms with E-state index in [1.54, 1.807) is 7.11 Å². The molecule has 1 aromatic rings. The van der Waals surface area contributed by atoms with Crippen molar-refractivity contribution in [2.75, 3.05) is 27.7 Å². The molecule has 0 saturated heterocycles. The first kappa shape index (κ1) is 15.5. The first-order chi connectivity index (χ1) is 9.08. The van der Waals surface area contributed by atoms with E-state index >= 15 is 0 Å². The van der Waals surface area contributed by atoms with Crippen LogP contribution in [0.25, 0.3) is 0 Å². The van der Waals surface area contributed by atoms with Gasteiger partial charge in [0.25, 0.3) is 0 Å². The van der Waals surface area contributed by atoms with Gasteiger partial charge in [-0.15, -0.1) is 0 Å². The quantitative estimate of drug-likeness (QED) is 0.607. The van der Waals surface area contributed by atoms with Crippen LogP contribution < -0.4 is 10.5 Å². The molecule has 2 N–H and O–H groups in total. The maximum atomic E-state index is 5.87. The normalized spacial score (nSPS) is 13.6. The molecule has 1 rings (SSSR count). The number of rotatable bonds is 7. The molecule has 0 radical (unpaired) electrons. The van der Waals surface area contributed by atoms with E-state index in [0.717, 1.165) is 24.4 Å². The molecule has 0 spiro atoms. The molecule has 0 aliphatic rings. The number of hydrogen-bond acceptors (Lipinski definition) is 3. The summed E-state index contributed by atoms with van der Waals surface area (Å²) in [5.41, 5.74) is 7.07. The minimum atomic E-state index is 0.213. The van der Waals surface area contributed by atoms with Gasteiger partial charge in [0.05, 0.1) is 25.5 Å². The van der Waals surface area contributed by atoms with Crippen LogP contribution in [0.1, 0.15) is 31.4 Å². The SMILES string of the molecule is CCCC(N)=NCC(c1cccc(OC)c1)N(C)C. The van der Waals surface area contributed by atoms with E-state index in [9.17, 15) is 0 Å². The average molecular weight is 263 g/mol. The Morgan fingerprint density at radius 2 is 2.16 bits per heavy atom. The Balaban J connectivity index is 2.85. The summed E-state index contributed by atoms with van der Waals surface area (Å²) >= 11 is 0. The van der Waals surface area contributed by atoms with Gasteiger partial charge < -0.3 is 15.4 Å². The van der Waals surface area contributed by atoms with Crippen LogP contribution in [0.4, 0.5) is 0 Å². The van der Waals surface area contributed by atoms with Crippen LogP contribution in [0.15, 0.2) is 29.3 Å². The van der Waals surface area contributed by atoms with Gasteiger partial charge in [0.1, 0.15) is 5.75 Å². The van der Waals surface area contributed by atoms with Crippen molar-refractivity contribution in [2.45, 2.75) is 25.8 Å². The van der Waals surface area contributed by atoms with Crippen molar-refractivity contribution in [2.24, 2.45) is 10.7 Å². The number of methoxy groups -OCH3 is 1. The Morgan fingerprint density at radius 3 is 2.74 bits per heavy atom. The first-order valence-corrected chi connectivity index (χ1v) is 6.67. The fourth-order valence-corrected chi connectivity index (χ4v) is 1.95. The van der Waals surface area contributed by atoms with Crippen LogP contribution in [0.3, 0.4) is 0 Å².